The summed E-state index contributed by atoms with van der Waals surface area (Å²) >= 11 is 1.52. The summed E-state index contributed by atoms with van der Waals surface area (Å²) in [5, 5.41) is 9.10. The molecule has 5 nitrogen and oxygen atoms in total. The number of fused-ring (bicyclic) bond motifs is 1. The van der Waals surface area contributed by atoms with Gasteiger partial charge < -0.3 is 4.42 Å². The molecule has 2 heterocycles. The molecule has 0 amide bonds. The number of thioether (sulfide) groups is 1. The molecule has 6 heteroatoms. The molecule has 0 aliphatic carbocycles. The van der Waals surface area contributed by atoms with E-state index in [1.165, 1.54) is 22.9 Å². The molecule has 0 saturated heterocycles. The molecular formula is C18H16N4OS. The highest BCUT2D eigenvalue weighted by Crippen LogP contribution is 2.25. The SMILES string of the molecule is Cc1ccc(-n2cc(CSc3nc4ccccc4o3)nn2)cc1C. The summed E-state index contributed by atoms with van der Waals surface area (Å²) in [5.41, 5.74) is 6.10. The van der Waals surface area contributed by atoms with Crippen molar-refractivity contribution in [1.29, 1.82) is 0 Å². The van der Waals surface area contributed by atoms with Crippen molar-refractivity contribution in [2.45, 2.75) is 24.8 Å². The lowest BCUT2D eigenvalue weighted by Crippen LogP contribution is -1.96. The first kappa shape index (κ1) is 15.0. The highest BCUT2D eigenvalue weighted by atomic mass is 32.2. The Labute approximate surface area is 143 Å². The van der Waals surface area contributed by atoms with Crippen LogP contribution in [0.2, 0.25) is 0 Å². The number of aromatic nitrogens is 4. The van der Waals surface area contributed by atoms with Crippen LogP contribution < -0.4 is 0 Å². The highest BCUT2D eigenvalue weighted by molar-refractivity contribution is 7.98. The van der Waals surface area contributed by atoms with Crippen LogP contribution >= 0.6 is 11.8 Å². The first-order chi connectivity index (χ1) is 11.7. The summed E-state index contributed by atoms with van der Waals surface area (Å²) in [5.74, 6) is 0.664. The number of oxazole rings is 1. The molecule has 0 aliphatic heterocycles. The largest absolute Gasteiger partial charge is 0.431 e. The fourth-order valence-corrected chi connectivity index (χ4v) is 3.12. The van der Waals surface area contributed by atoms with Crippen molar-refractivity contribution in [1.82, 2.24) is 20.0 Å². The maximum Gasteiger partial charge on any atom is 0.257 e. The van der Waals surface area contributed by atoms with Crippen LogP contribution in [0.4, 0.5) is 0 Å². The molecule has 0 saturated carbocycles. The van der Waals surface area contributed by atoms with E-state index in [1.54, 1.807) is 4.68 Å². The van der Waals surface area contributed by atoms with E-state index in [4.69, 9.17) is 4.42 Å². The molecule has 120 valence electrons. The zero-order chi connectivity index (χ0) is 16.5. The van der Waals surface area contributed by atoms with Gasteiger partial charge >= 0.3 is 0 Å². The number of nitrogens with zero attached hydrogens (tertiary/aromatic N) is 4. The van der Waals surface area contributed by atoms with Crippen molar-refractivity contribution < 1.29 is 4.42 Å². The summed E-state index contributed by atoms with van der Waals surface area (Å²) < 4.78 is 7.51. The smallest absolute Gasteiger partial charge is 0.257 e. The van der Waals surface area contributed by atoms with Crippen LogP contribution in [0.25, 0.3) is 16.8 Å². The van der Waals surface area contributed by atoms with Crippen LogP contribution in [0.3, 0.4) is 0 Å². The fourth-order valence-electron chi connectivity index (χ4n) is 2.41. The molecule has 0 spiro atoms. The summed E-state index contributed by atoms with van der Waals surface area (Å²) in [4.78, 5) is 4.46. The van der Waals surface area contributed by atoms with E-state index in [2.05, 4.69) is 47.3 Å². The summed E-state index contributed by atoms with van der Waals surface area (Å²) in [6.07, 6.45) is 1.94. The topological polar surface area (TPSA) is 56.7 Å². The Morgan fingerprint density at radius 3 is 2.79 bits per heavy atom. The Morgan fingerprint density at radius 1 is 1.08 bits per heavy atom. The molecule has 0 N–H and O–H groups in total. The van der Waals surface area contributed by atoms with Gasteiger partial charge in [0.05, 0.1) is 17.6 Å². The maximum atomic E-state index is 5.71. The van der Waals surface area contributed by atoms with E-state index >= 15 is 0 Å². The normalized spacial score (nSPS) is 11.2. The minimum Gasteiger partial charge on any atom is -0.431 e. The summed E-state index contributed by atoms with van der Waals surface area (Å²) in [6.45, 7) is 4.20. The molecule has 2 aromatic heterocycles. The monoisotopic (exact) mass is 336 g/mol. The quantitative estimate of drug-likeness (QED) is 0.520. The van der Waals surface area contributed by atoms with E-state index < -0.39 is 0 Å². The zero-order valence-corrected chi connectivity index (χ0v) is 14.2. The Kier molecular flexibility index (Phi) is 3.82. The van der Waals surface area contributed by atoms with E-state index in [1.807, 2.05) is 30.5 Å². The second kappa shape index (κ2) is 6.13. The first-order valence-corrected chi connectivity index (χ1v) is 8.65. The third-order valence-corrected chi connectivity index (χ3v) is 4.78. The Bertz CT molecular complexity index is 972. The lowest BCUT2D eigenvalue weighted by Gasteiger charge is -2.03. The highest BCUT2D eigenvalue weighted by Gasteiger charge is 2.09. The van der Waals surface area contributed by atoms with E-state index in [0.717, 1.165) is 22.5 Å². The molecule has 0 bridgehead atoms. The zero-order valence-electron chi connectivity index (χ0n) is 13.4. The molecule has 24 heavy (non-hydrogen) atoms. The fraction of sp³-hybridized carbons (Fsp3) is 0.167. The van der Waals surface area contributed by atoms with Gasteiger partial charge in [-0.25, -0.2) is 9.67 Å². The third-order valence-electron chi connectivity index (χ3n) is 3.91. The lowest BCUT2D eigenvalue weighted by molar-refractivity contribution is 0.489. The van der Waals surface area contributed by atoms with Crippen molar-refractivity contribution in [3.63, 3.8) is 0 Å². The van der Waals surface area contributed by atoms with Gasteiger partial charge in [0, 0.05) is 5.75 Å². The van der Waals surface area contributed by atoms with Crippen LogP contribution in [-0.2, 0) is 5.75 Å². The Hall–Kier alpha value is -2.60. The molecular weight excluding hydrogens is 320 g/mol. The second-order valence-corrected chi connectivity index (χ2v) is 6.59. The van der Waals surface area contributed by atoms with Crippen molar-refractivity contribution in [3.05, 3.63) is 65.5 Å². The second-order valence-electron chi connectivity index (χ2n) is 5.66. The lowest BCUT2D eigenvalue weighted by atomic mass is 10.1. The molecule has 0 aliphatic rings. The van der Waals surface area contributed by atoms with Gasteiger partial charge in [0.2, 0.25) is 0 Å². The average Bonchev–Trinajstić information content (AvgIpc) is 3.21. The van der Waals surface area contributed by atoms with Gasteiger partial charge in [0.25, 0.3) is 5.22 Å². The van der Waals surface area contributed by atoms with Crippen molar-refractivity contribution in [2.24, 2.45) is 0 Å². The molecule has 0 unspecified atom stereocenters. The summed E-state index contributed by atoms with van der Waals surface area (Å²) in [7, 11) is 0. The molecule has 0 atom stereocenters. The molecule has 0 fully saturated rings. The van der Waals surface area contributed by atoms with Crippen LogP contribution in [-0.4, -0.2) is 20.0 Å². The molecule has 2 aromatic carbocycles. The predicted molar refractivity (Wildman–Crippen MR) is 94.4 cm³/mol. The molecule has 4 rings (SSSR count). The predicted octanol–water partition coefficient (Wildman–Crippen LogP) is 4.32. The third kappa shape index (κ3) is 2.92. The van der Waals surface area contributed by atoms with Crippen molar-refractivity contribution >= 4 is 22.9 Å². The van der Waals surface area contributed by atoms with E-state index in [-0.39, 0.29) is 0 Å². The number of aryl methyl sites for hydroxylation is 2. The number of benzene rings is 2. The van der Waals surface area contributed by atoms with Gasteiger partial charge in [0.1, 0.15) is 5.52 Å². The number of rotatable bonds is 4. The van der Waals surface area contributed by atoms with Gasteiger partial charge in [-0.1, -0.05) is 35.2 Å². The number of hydrogen-bond acceptors (Lipinski definition) is 5. The van der Waals surface area contributed by atoms with Crippen molar-refractivity contribution in [3.8, 4) is 5.69 Å². The van der Waals surface area contributed by atoms with Gasteiger partial charge in [-0.3, -0.25) is 0 Å². The first-order valence-electron chi connectivity index (χ1n) is 7.66. The molecule has 4 aromatic rings. The summed E-state index contributed by atoms with van der Waals surface area (Å²) in [6, 6.07) is 14.0. The van der Waals surface area contributed by atoms with Crippen LogP contribution in [0.1, 0.15) is 16.8 Å². The van der Waals surface area contributed by atoms with Gasteiger partial charge in [-0.15, -0.1) is 5.10 Å². The van der Waals surface area contributed by atoms with Crippen LogP contribution in [0.5, 0.6) is 0 Å². The van der Waals surface area contributed by atoms with Crippen LogP contribution in [0, 0.1) is 13.8 Å². The van der Waals surface area contributed by atoms with E-state index in [9.17, 15) is 0 Å². The minimum absolute atomic E-state index is 0.650. The standard InChI is InChI=1S/C18H16N4OS/c1-12-7-8-15(9-13(12)2)22-10-14(20-21-22)11-24-18-19-16-5-3-4-6-17(16)23-18/h3-10H,11H2,1-2H3. The number of para-hydroxylation sites is 2. The van der Waals surface area contributed by atoms with Gasteiger partial charge in [0.15, 0.2) is 5.58 Å². The van der Waals surface area contributed by atoms with Gasteiger partial charge in [-0.05, 0) is 49.2 Å². The number of hydrogen-bond donors (Lipinski definition) is 0. The molecule has 0 radical (unpaired) electrons. The van der Waals surface area contributed by atoms with Crippen molar-refractivity contribution in [2.75, 3.05) is 0 Å². The Morgan fingerprint density at radius 2 is 1.96 bits per heavy atom. The minimum atomic E-state index is 0.650. The van der Waals surface area contributed by atoms with E-state index in [0.29, 0.717) is 11.0 Å². The average molecular weight is 336 g/mol. The Balaban J connectivity index is 1.49. The van der Waals surface area contributed by atoms with Crippen LogP contribution in [0.15, 0.2) is 58.3 Å². The maximum absolute atomic E-state index is 5.71. The van der Waals surface area contributed by atoms with Gasteiger partial charge in [-0.2, -0.15) is 0 Å².